The molecule has 0 spiro atoms. The van der Waals surface area contributed by atoms with Crippen LogP contribution in [0.1, 0.15) is 0 Å². The Morgan fingerprint density at radius 3 is 0.926 bits per heavy atom. The SMILES string of the molecule is O=S(=O)(c1ccccc1)c1ccccc1.c1ccc(-c2ccccc2)cc1. The average molecular weight is 372 g/mol. The van der Waals surface area contributed by atoms with E-state index in [0.717, 1.165) is 0 Å². The predicted octanol–water partition coefficient (Wildman–Crippen LogP) is 5.87. The van der Waals surface area contributed by atoms with Crippen LogP contribution < -0.4 is 0 Å². The predicted molar refractivity (Wildman–Crippen MR) is 110 cm³/mol. The van der Waals surface area contributed by atoms with Crippen molar-refractivity contribution in [1.29, 1.82) is 0 Å². The highest BCUT2D eigenvalue weighted by atomic mass is 32.2. The molecule has 3 heteroatoms. The molecule has 27 heavy (non-hydrogen) atoms. The zero-order valence-corrected chi connectivity index (χ0v) is 15.6. The molecule has 0 N–H and O–H groups in total. The molecule has 2 nitrogen and oxygen atoms in total. The Labute approximate surface area is 160 Å². The van der Waals surface area contributed by atoms with Gasteiger partial charge in [0, 0.05) is 0 Å². The van der Waals surface area contributed by atoms with Crippen LogP contribution in [0.2, 0.25) is 0 Å². The van der Waals surface area contributed by atoms with E-state index in [4.69, 9.17) is 0 Å². The lowest BCUT2D eigenvalue weighted by Gasteiger charge is -2.03. The van der Waals surface area contributed by atoms with E-state index in [1.165, 1.54) is 11.1 Å². The van der Waals surface area contributed by atoms with Crippen LogP contribution in [0, 0.1) is 0 Å². The number of rotatable bonds is 3. The maximum atomic E-state index is 12.0. The molecule has 4 aromatic carbocycles. The molecule has 0 unspecified atom stereocenters. The fourth-order valence-electron chi connectivity index (χ4n) is 2.60. The van der Waals surface area contributed by atoms with Crippen molar-refractivity contribution in [3.05, 3.63) is 121 Å². The molecule has 0 saturated heterocycles. The Kier molecular flexibility index (Phi) is 6.18. The Hall–Kier alpha value is -3.17. The summed E-state index contributed by atoms with van der Waals surface area (Å²) in [5.41, 5.74) is 2.55. The summed E-state index contributed by atoms with van der Waals surface area (Å²) in [5.74, 6) is 0. The summed E-state index contributed by atoms with van der Waals surface area (Å²) in [5, 5.41) is 0. The summed E-state index contributed by atoms with van der Waals surface area (Å²) in [7, 11) is -3.34. The van der Waals surface area contributed by atoms with Gasteiger partial charge in [-0.15, -0.1) is 0 Å². The van der Waals surface area contributed by atoms with Crippen LogP contribution >= 0.6 is 0 Å². The molecule has 0 aliphatic carbocycles. The molecule has 0 saturated carbocycles. The van der Waals surface area contributed by atoms with E-state index < -0.39 is 9.84 Å². The highest BCUT2D eigenvalue weighted by Crippen LogP contribution is 2.19. The van der Waals surface area contributed by atoms with Crippen LogP contribution in [-0.2, 0) is 9.84 Å². The van der Waals surface area contributed by atoms with Crippen molar-refractivity contribution in [3.8, 4) is 11.1 Å². The zero-order chi connectivity index (χ0) is 19.0. The minimum absolute atomic E-state index is 0.330. The smallest absolute Gasteiger partial charge is 0.206 e. The summed E-state index contributed by atoms with van der Waals surface area (Å²) < 4.78 is 24.1. The first-order chi connectivity index (χ1) is 13.2. The van der Waals surface area contributed by atoms with Gasteiger partial charge in [-0.25, -0.2) is 8.42 Å². The third-order valence-corrected chi connectivity index (χ3v) is 5.77. The van der Waals surface area contributed by atoms with E-state index in [1.54, 1.807) is 60.7 Å². The van der Waals surface area contributed by atoms with E-state index in [-0.39, 0.29) is 0 Å². The Balaban J connectivity index is 0.000000159. The van der Waals surface area contributed by atoms with Gasteiger partial charge in [0.1, 0.15) is 0 Å². The fraction of sp³-hybridized carbons (Fsp3) is 0. The zero-order valence-electron chi connectivity index (χ0n) is 14.8. The largest absolute Gasteiger partial charge is 0.219 e. The van der Waals surface area contributed by atoms with Gasteiger partial charge in [-0.1, -0.05) is 97.1 Å². The normalized spacial score (nSPS) is 10.5. The van der Waals surface area contributed by atoms with E-state index in [2.05, 4.69) is 48.5 Å². The Morgan fingerprint density at radius 2 is 0.630 bits per heavy atom. The van der Waals surface area contributed by atoms with Gasteiger partial charge in [-0.2, -0.15) is 0 Å². The summed E-state index contributed by atoms with van der Waals surface area (Å²) in [6.45, 7) is 0. The molecule has 0 aliphatic rings. The van der Waals surface area contributed by atoms with Crippen molar-refractivity contribution in [2.45, 2.75) is 9.79 Å². The fourth-order valence-corrected chi connectivity index (χ4v) is 3.90. The van der Waals surface area contributed by atoms with E-state index in [9.17, 15) is 8.42 Å². The Morgan fingerprint density at radius 1 is 0.370 bits per heavy atom. The first-order valence-electron chi connectivity index (χ1n) is 8.63. The second-order valence-electron chi connectivity index (χ2n) is 5.86. The molecule has 0 aliphatic heterocycles. The molecule has 0 amide bonds. The van der Waals surface area contributed by atoms with Crippen molar-refractivity contribution in [1.82, 2.24) is 0 Å². The monoisotopic (exact) mass is 372 g/mol. The van der Waals surface area contributed by atoms with Crippen LogP contribution in [0.15, 0.2) is 131 Å². The summed E-state index contributed by atoms with van der Waals surface area (Å²) in [6, 6.07) is 37.6. The molecule has 4 rings (SSSR count). The van der Waals surface area contributed by atoms with Crippen molar-refractivity contribution < 1.29 is 8.42 Å². The molecule has 0 radical (unpaired) electrons. The quantitative estimate of drug-likeness (QED) is 0.450. The van der Waals surface area contributed by atoms with Crippen LogP contribution in [0.4, 0.5) is 0 Å². The van der Waals surface area contributed by atoms with E-state index in [0.29, 0.717) is 9.79 Å². The molecule has 4 aromatic rings. The molecule has 0 heterocycles. The van der Waals surface area contributed by atoms with Crippen molar-refractivity contribution in [2.24, 2.45) is 0 Å². The van der Waals surface area contributed by atoms with Gasteiger partial charge in [0.05, 0.1) is 9.79 Å². The van der Waals surface area contributed by atoms with Gasteiger partial charge in [-0.05, 0) is 35.4 Å². The molecular formula is C24H20O2S. The lowest BCUT2D eigenvalue weighted by molar-refractivity contribution is 0.596. The lowest BCUT2D eigenvalue weighted by Crippen LogP contribution is -2.00. The minimum Gasteiger partial charge on any atom is -0.219 e. The van der Waals surface area contributed by atoms with Crippen molar-refractivity contribution >= 4 is 9.84 Å². The Bertz CT molecular complexity index is 961. The van der Waals surface area contributed by atoms with Crippen LogP contribution in [0.3, 0.4) is 0 Å². The number of benzene rings is 4. The van der Waals surface area contributed by atoms with Gasteiger partial charge in [0.2, 0.25) is 9.84 Å². The highest BCUT2D eigenvalue weighted by molar-refractivity contribution is 7.91. The first kappa shape index (κ1) is 18.6. The van der Waals surface area contributed by atoms with Gasteiger partial charge < -0.3 is 0 Å². The lowest BCUT2D eigenvalue weighted by atomic mass is 10.1. The molecule has 134 valence electrons. The molecule has 0 aromatic heterocycles. The van der Waals surface area contributed by atoms with Crippen LogP contribution in [0.25, 0.3) is 11.1 Å². The second kappa shape index (κ2) is 8.97. The number of sulfone groups is 1. The molecule has 0 bridgehead atoms. The van der Waals surface area contributed by atoms with Gasteiger partial charge in [0.25, 0.3) is 0 Å². The van der Waals surface area contributed by atoms with E-state index >= 15 is 0 Å². The molecule has 0 fully saturated rings. The summed E-state index contributed by atoms with van der Waals surface area (Å²) in [6.07, 6.45) is 0. The minimum atomic E-state index is -3.34. The summed E-state index contributed by atoms with van der Waals surface area (Å²) in [4.78, 5) is 0.660. The maximum absolute atomic E-state index is 12.0. The third kappa shape index (κ3) is 4.93. The standard InChI is InChI=1S/C12H10O2S.C12H10/c13-15(14,11-7-3-1-4-8-11)12-9-5-2-6-10-12;1-3-7-11(8-4-1)12-9-5-2-6-10-12/h1-10H;1-10H. The third-order valence-electron chi connectivity index (χ3n) is 3.99. The first-order valence-corrected chi connectivity index (χ1v) is 10.1. The highest BCUT2D eigenvalue weighted by Gasteiger charge is 2.15. The number of hydrogen-bond acceptors (Lipinski definition) is 2. The van der Waals surface area contributed by atoms with Gasteiger partial charge in [-0.3, -0.25) is 0 Å². The maximum Gasteiger partial charge on any atom is 0.206 e. The van der Waals surface area contributed by atoms with Crippen molar-refractivity contribution in [2.75, 3.05) is 0 Å². The van der Waals surface area contributed by atoms with Crippen LogP contribution in [0.5, 0.6) is 0 Å². The molecular weight excluding hydrogens is 352 g/mol. The average Bonchev–Trinajstić information content (AvgIpc) is 2.77. The van der Waals surface area contributed by atoms with E-state index in [1.807, 2.05) is 12.1 Å². The number of hydrogen-bond donors (Lipinski definition) is 0. The topological polar surface area (TPSA) is 34.1 Å². The summed E-state index contributed by atoms with van der Waals surface area (Å²) >= 11 is 0. The second-order valence-corrected chi connectivity index (χ2v) is 7.81. The van der Waals surface area contributed by atoms with Gasteiger partial charge >= 0.3 is 0 Å². The molecule has 0 atom stereocenters. The van der Waals surface area contributed by atoms with Crippen molar-refractivity contribution in [3.63, 3.8) is 0 Å². The van der Waals surface area contributed by atoms with Gasteiger partial charge in [0.15, 0.2) is 0 Å². The van der Waals surface area contributed by atoms with Crippen LogP contribution in [-0.4, -0.2) is 8.42 Å².